The summed E-state index contributed by atoms with van der Waals surface area (Å²) in [5, 5.41) is 0. The van der Waals surface area contributed by atoms with Crippen molar-refractivity contribution in [3.8, 4) is 11.5 Å². The minimum atomic E-state index is -4.17. The molecule has 2 rings (SSSR count). The first-order valence-corrected chi connectivity index (χ1v) is 5.63. The van der Waals surface area contributed by atoms with E-state index in [1.165, 1.54) is 18.2 Å². The minimum Gasteiger partial charge on any atom is -0.434 e. The van der Waals surface area contributed by atoms with Gasteiger partial charge in [0.1, 0.15) is 11.3 Å². The molecule has 1 aromatic rings. The molecule has 0 spiro atoms. The van der Waals surface area contributed by atoms with Gasteiger partial charge in [0.05, 0.1) is 0 Å². The molecule has 0 radical (unpaired) electrons. The average Bonchev–Trinajstić information content (AvgIpc) is 2.13. The van der Waals surface area contributed by atoms with Crippen LogP contribution in [0.25, 0.3) is 0 Å². The second-order valence-electron chi connectivity index (χ2n) is 3.00. The van der Waals surface area contributed by atoms with Crippen molar-refractivity contribution in [1.29, 1.82) is 0 Å². The lowest BCUT2D eigenvalue weighted by Gasteiger charge is -2.17. The van der Waals surface area contributed by atoms with E-state index in [4.69, 9.17) is 5.73 Å². The van der Waals surface area contributed by atoms with Crippen LogP contribution in [0.4, 0.5) is 8.78 Å². The highest BCUT2D eigenvalue weighted by Gasteiger charge is 2.27. The van der Waals surface area contributed by atoms with Gasteiger partial charge in [0.2, 0.25) is 0 Å². The Balaban J connectivity index is 2.56. The zero-order valence-electron chi connectivity index (χ0n) is 8.13. The maximum absolute atomic E-state index is 12.1. The summed E-state index contributed by atoms with van der Waals surface area (Å²) in [5.74, 6) is -0.952. The lowest BCUT2D eigenvalue weighted by atomic mass is 10.1. The van der Waals surface area contributed by atoms with Crippen LogP contribution in [0.3, 0.4) is 0 Å². The summed E-state index contributed by atoms with van der Waals surface area (Å²) in [6.07, 6.45) is 0. The van der Waals surface area contributed by atoms with Crippen LogP contribution in [0.2, 0.25) is 0 Å². The van der Waals surface area contributed by atoms with Crippen molar-refractivity contribution in [2.45, 2.75) is 6.61 Å². The highest BCUT2D eigenvalue weighted by Crippen LogP contribution is 2.33. The normalized spacial score (nSPS) is 17.0. The highest BCUT2D eigenvalue weighted by molar-refractivity contribution is 7.86. The first-order valence-electron chi connectivity index (χ1n) is 4.27. The van der Waals surface area contributed by atoms with Crippen LogP contribution in [0, 0.1) is 0 Å². The molecule has 0 saturated carbocycles. The molecule has 1 aliphatic heterocycles. The molecule has 0 aliphatic carbocycles. The molecule has 17 heavy (non-hydrogen) atoms. The number of nitrogens with zero attached hydrogens (tertiary/aromatic N) is 1. The monoisotopic (exact) mass is 264 g/mol. The quantitative estimate of drug-likeness (QED) is 0.846. The Kier molecular flexibility index (Phi) is 2.62. The van der Waals surface area contributed by atoms with Gasteiger partial charge in [0.15, 0.2) is 11.6 Å². The van der Waals surface area contributed by atoms with E-state index in [0.717, 1.165) is 0 Å². The third-order valence-corrected chi connectivity index (χ3v) is 2.68. The minimum absolute atomic E-state index is 0.109. The number of alkyl halides is 2. The van der Waals surface area contributed by atoms with Gasteiger partial charge in [0.25, 0.3) is 0 Å². The number of halogens is 2. The zero-order valence-corrected chi connectivity index (χ0v) is 8.95. The van der Waals surface area contributed by atoms with Gasteiger partial charge in [-0.05, 0) is 12.1 Å². The second kappa shape index (κ2) is 3.84. The van der Waals surface area contributed by atoms with Crippen LogP contribution in [-0.2, 0) is 10.3 Å². The van der Waals surface area contributed by atoms with Crippen LogP contribution in [0.15, 0.2) is 22.6 Å². The van der Waals surface area contributed by atoms with Gasteiger partial charge in [-0.1, -0.05) is 6.07 Å². The number of ether oxygens (including phenoxy) is 1. The van der Waals surface area contributed by atoms with E-state index in [-0.39, 0.29) is 17.1 Å². The summed E-state index contributed by atoms with van der Waals surface area (Å²) >= 11 is 0. The van der Waals surface area contributed by atoms with Gasteiger partial charge < -0.3 is 14.7 Å². The number of rotatable bonds is 2. The second-order valence-corrected chi connectivity index (χ2v) is 4.20. The third kappa shape index (κ3) is 2.28. The first kappa shape index (κ1) is 11.6. The molecular weight excluding hydrogens is 258 g/mol. The molecule has 0 saturated heterocycles. The lowest BCUT2D eigenvalue weighted by Crippen LogP contribution is -2.25. The van der Waals surface area contributed by atoms with E-state index < -0.39 is 22.8 Å². The summed E-state index contributed by atoms with van der Waals surface area (Å²) in [7, 11) is -4.17. The van der Waals surface area contributed by atoms with E-state index in [1.807, 2.05) is 0 Å². The highest BCUT2D eigenvalue weighted by atomic mass is 32.2. The number of hydrogen-bond acceptors (Lipinski definition) is 5. The SMILES string of the molecule is NC1=NS(=O)(=O)Oc2cccc(OC(F)F)c21. The van der Waals surface area contributed by atoms with Gasteiger partial charge in [-0.15, -0.1) is 4.40 Å². The summed E-state index contributed by atoms with van der Waals surface area (Å²) in [6.45, 7) is -3.06. The zero-order chi connectivity index (χ0) is 12.6. The van der Waals surface area contributed by atoms with E-state index in [0.29, 0.717) is 0 Å². The van der Waals surface area contributed by atoms with Crippen molar-refractivity contribution < 1.29 is 26.1 Å². The van der Waals surface area contributed by atoms with Crippen molar-refractivity contribution in [2.75, 3.05) is 0 Å². The summed E-state index contributed by atoms with van der Waals surface area (Å²) in [6, 6.07) is 3.76. The maximum atomic E-state index is 12.1. The van der Waals surface area contributed by atoms with Gasteiger partial charge in [-0.3, -0.25) is 0 Å². The third-order valence-electron chi connectivity index (χ3n) is 1.87. The number of fused-ring (bicyclic) bond motifs is 1. The number of nitrogens with two attached hydrogens (primary N) is 1. The van der Waals surface area contributed by atoms with E-state index in [1.54, 1.807) is 0 Å². The molecule has 0 amide bonds. The summed E-state index contributed by atoms with van der Waals surface area (Å²) in [4.78, 5) is 0. The Morgan fingerprint density at radius 3 is 2.76 bits per heavy atom. The molecule has 1 aromatic carbocycles. The number of amidine groups is 1. The summed E-state index contributed by atoms with van der Waals surface area (Å²) in [5.41, 5.74) is 5.26. The van der Waals surface area contributed by atoms with E-state index in [9.17, 15) is 17.2 Å². The van der Waals surface area contributed by atoms with E-state index in [2.05, 4.69) is 13.3 Å². The smallest absolute Gasteiger partial charge is 0.430 e. The fourth-order valence-corrected chi connectivity index (χ4v) is 2.06. The fraction of sp³-hybridized carbons (Fsp3) is 0.125. The Labute approximate surface area is 94.9 Å². The Bertz CT molecular complexity index is 585. The van der Waals surface area contributed by atoms with Crippen molar-refractivity contribution in [2.24, 2.45) is 10.1 Å². The molecule has 6 nitrogen and oxygen atoms in total. The van der Waals surface area contributed by atoms with Gasteiger partial charge in [-0.25, -0.2) is 0 Å². The van der Waals surface area contributed by atoms with Gasteiger partial charge >= 0.3 is 16.9 Å². The number of hydrogen-bond donors (Lipinski definition) is 1. The molecule has 0 unspecified atom stereocenters. The predicted octanol–water partition coefficient (Wildman–Crippen LogP) is 0.631. The molecule has 9 heteroatoms. The lowest BCUT2D eigenvalue weighted by molar-refractivity contribution is -0.0500. The summed E-state index contributed by atoms with van der Waals surface area (Å²) < 4.78 is 58.1. The van der Waals surface area contributed by atoms with Crippen molar-refractivity contribution in [3.05, 3.63) is 23.8 Å². The van der Waals surface area contributed by atoms with Crippen molar-refractivity contribution in [1.82, 2.24) is 0 Å². The Hall–Kier alpha value is -1.90. The molecule has 92 valence electrons. The molecule has 0 bridgehead atoms. The Morgan fingerprint density at radius 1 is 1.41 bits per heavy atom. The van der Waals surface area contributed by atoms with Crippen LogP contribution < -0.4 is 14.7 Å². The predicted molar refractivity (Wildman–Crippen MR) is 53.3 cm³/mol. The van der Waals surface area contributed by atoms with Crippen LogP contribution in [0.1, 0.15) is 5.56 Å². The maximum Gasteiger partial charge on any atom is 0.430 e. The topological polar surface area (TPSA) is 91.0 Å². The van der Waals surface area contributed by atoms with Crippen molar-refractivity contribution in [3.63, 3.8) is 0 Å². The van der Waals surface area contributed by atoms with Gasteiger partial charge in [-0.2, -0.15) is 17.2 Å². The molecule has 0 fully saturated rings. The fourth-order valence-electron chi connectivity index (χ4n) is 1.33. The van der Waals surface area contributed by atoms with Crippen LogP contribution >= 0.6 is 0 Å². The van der Waals surface area contributed by atoms with Crippen LogP contribution in [0.5, 0.6) is 11.5 Å². The molecule has 1 heterocycles. The Morgan fingerprint density at radius 2 is 2.12 bits per heavy atom. The largest absolute Gasteiger partial charge is 0.434 e. The first-order chi connectivity index (χ1) is 7.89. The molecule has 2 N–H and O–H groups in total. The van der Waals surface area contributed by atoms with Gasteiger partial charge in [0, 0.05) is 0 Å². The number of benzene rings is 1. The standard InChI is InChI=1S/C8H6F2N2O4S/c9-8(10)15-4-2-1-3-5-6(4)7(11)12-17(13,14)16-5/h1-3,8H,(H2,11,12). The molecular formula is C8H6F2N2O4S. The average molecular weight is 264 g/mol. The molecule has 0 atom stereocenters. The molecule has 1 aliphatic rings. The van der Waals surface area contributed by atoms with Crippen LogP contribution in [-0.4, -0.2) is 20.9 Å². The van der Waals surface area contributed by atoms with E-state index >= 15 is 0 Å². The van der Waals surface area contributed by atoms with Crippen molar-refractivity contribution >= 4 is 16.1 Å². The molecule has 0 aromatic heterocycles.